The van der Waals surface area contributed by atoms with Crippen molar-refractivity contribution in [1.82, 2.24) is 9.80 Å². The van der Waals surface area contributed by atoms with Crippen molar-refractivity contribution in [2.45, 2.75) is 38.8 Å². The van der Waals surface area contributed by atoms with Gasteiger partial charge in [-0.05, 0) is 40.8 Å². The van der Waals surface area contributed by atoms with Crippen molar-refractivity contribution in [3.63, 3.8) is 0 Å². The maximum absolute atomic E-state index is 11.9. The highest BCUT2D eigenvalue weighted by molar-refractivity contribution is 5.68. The second-order valence-corrected chi connectivity index (χ2v) is 5.64. The van der Waals surface area contributed by atoms with E-state index in [1.54, 1.807) is 4.90 Å². The fraction of sp³-hybridized carbons (Fsp3) is 0.917. The number of piperazine rings is 1. The highest BCUT2D eigenvalue weighted by atomic mass is 16.6. The zero-order valence-corrected chi connectivity index (χ0v) is 11.4. The Balaban J connectivity index is 2.52. The summed E-state index contributed by atoms with van der Waals surface area (Å²) < 4.78 is 5.38. The van der Waals surface area contributed by atoms with Crippen LogP contribution in [0.4, 0.5) is 4.79 Å². The molecular weight excluding hydrogens is 218 g/mol. The van der Waals surface area contributed by atoms with Gasteiger partial charge in [-0.15, -0.1) is 0 Å². The summed E-state index contributed by atoms with van der Waals surface area (Å²) in [7, 11) is 2.08. The number of nitrogens with zero attached hydrogens (tertiary/aromatic N) is 2. The summed E-state index contributed by atoms with van der Waals surface area (Å²) in [5.41, 5.74) is 5.16. The summed E-state index contributed by atoms with van der Waals surface area (Å²) in [6, 6.07) is 0.348. The monoisotopic (exact) mass is 243 g/mol. The minimum absolute atomic E-state index is 0.215. The van der Waals surface area contributed by atoms with Crippen LogP contribution in [-0.2, 0) is 4.74 Å². The molecular formula is C12H25N3O2. The van der Waals surface area contributed by atoms with Gasteiger partial charge in [-0.3, -0.25) is 4.90 Å². The predicted molar refractivity (Wildman–Crippen MR) is 67.9 cm³/mol. The average Bonchev–Trinajstić information content (AvgIpc) is 2.19. The van der Waals surface area contributed by atoms with E-state index in [-0.39, 0.29) is 6.09 Å². The third-order valence-corrected chi connectivity index (χ3v) is 2.93. The van der Waals surface area contributed by atoms with Gasteiger partial charge in [0.25, 0.3) is 0 Å². The summed E-state index contributed by atoms with van der Waals surface area (Å²) in [4.78, 5) is 16.0. The van der Waals surface area contributed by atoms with Gasteiger partial charge in [0.2, 0.25) is 0 Å². The lowest BCUT2D eigenvalue weighted by atomic mass is 10.1. The van der Waals surface area contributed by atoms with Gasteiger partial charge >= 0.3 is 6.09 Å². The number of likely N-dealkylation sites (N-methyl/N-ethyl adjacent to an activating group) is 1. The first-order valence-electron chi connectivity index (χ1n) is 6.21. The molecule has 1 amide bonds. The fourth-order valence-corrected chi connectivity index (χ4v) is 1.94. The molecule has 1 saturated heterocycles. The number of rotatable bonds is 2. The van der Waals surface area contributed by atoms with E-state index in [2.05, 4.69) is 11.9 Å². The van der Waals surface area contributed by atoms with E-state index in [4.69, 9.17) is 10.5 Å². The molecule has 0 aromatic rings. The molecule has 17 heavy (non-hydrogen) atoms. The third kappa shape index (κ3) is 4.52. The first-order valence-corrected chi connectivity index (χ1v) is 6.21. The zero-order chi connectivity index (χ0) is 13.1. The van der Waals surface area contributed by atoms with Crippen LogP contribution in [0.5, 0.6) is 0 Å². The molecule has 1 heterocycles. The summed E-state index contributed by atoms with van der Waals surface area (Å²) in [6.07, 6.45) is 0.697. The molecule has 0 aromatic carbocycles. The minimum Gasteiger partial charge on any atom is -0.444 e. The van der Waals surface area contributed by atoms with Gasteiger partial charge in [-0.25, -0.2) is 4.79 Å². The molecule has 1 aliphatic heterocycles. The normalized spacial score (nSPS) is 22.6. The van der Waals surface area contributed by atoms with E-state index in [1.807, 2.05) is 20.8 Å². The molecule has 5 heteroatoms. The number of hydrogen-bond acceptors (Lipinski definition) is 4. The summed E-state index contributed by atoms with van der Waals surface area (Å²) in [5, 5.41) is 0. The summed E-state index contributed by atoms with van der Waals surface area (Å²) in [6.45, 7) is 8.63. The van der Waals surface area contributed by atoms with E-state index in [0.717, 1.165) is 19.5 Å². The van der Waals surface area contributed by atoms with Crippen LogP contribution >= 0.6 is 0 Å². The highest BCUT2D eigenvalue weighted by Crippen LogP contribution is 2.15. The first kappa shape index (κ1) is 14.3. The van der Waals surface area contributed by atoms with E-state index in [9.17, 15) is 4.79 Å². The second-order valence-electron chi connectivity index (χ2n) is 5.64. The Hall–Kier alpha value is -0.810. The molecule has 1 aliphatic rings. The standard InChI is InChI=1S/C12H25N3O2/c1-12(2,3)17-11(16)15-8-7-14(4)10(9-15)5-6-13/h10H,5-9,13H2,1-4H3. The highest BCUT2D eigenvalue weighted by Gasteiger charge is 2.29. The van der Waals surface area contributed by atoms with Gasteiger partial charge in [-0.1, -0.05) is 0 Å². The van der Waals surface area contributed by atoms with Gasteiger partial charge in [0.15, 0.2) is 0 Å². The van der Waals surface area contributed by atoms with Crippen molar-refractivity contribution < 1.29 is 9.53 Å². The molecule has 1 atom stereocenters. The molecule has 0 aromatic heterocycles. The number of carbonyl (C=O) groups excluding carboxylic acids is 1. The van der Waals surface area contributed by atoms with Crippen LogP contribution in [0, 0.1) is 0 Å². The van der Waals surface area contributed by atoms with E-state index in [1.165, 1.54) is 0 Å². The maximum Gasteiger partial charge on any atom is 0.410 e. The summed E-state index contributed by atoms with van der Waals surface area (Å²) in [5.74, 6) is 0. The van der Waals surface area contributed by atoms with Crippen LogP contribution < -0.4 is 5.73 Å². The van der Waals surface area contributed by atoms with Gasteiger partial charge < -0.3 is 15.4 Å². The molecule has 1 fully saturated rings. The van der Waals surface area contributed by atoms with Crippen molar-refractivity contribution in [2.24, 2.45) is 5.73 Å². The van der Waals surface area contributed by atoms with Gasteiger partial charge in [0.05, 0.1) is 0 Å². The van der Waals surface area contributed by atoms with Crippen LogP contribution in [0.1, 0.15) is 27.2 Å². The minimum atomic E-state index is -0.427. The number of nitrogens with two attached hydrogens (primary N) is 1. The van der Waals surface area contributed by atoms with Gasteiger partial charge in [0, 0.05) is 25.7 Å². The summed E-state index contributed by atoms with van der Waals surface area (Å²) >= 11 is 0. The Morgan fingerprint density at radius 3 is 2.59 bits per heavy atom. The number of amides is 1. The predicted octanol–water partition coefficient (Wildman–Crippen LogP) is 0.886. The second kappa shape index (κ2) is 5.69. The smallest absolute Gasteiger partial charge is 0.410 e. The molecule has 0 bridgehead atoms. The molecule has 2 N–H and O–H groups in total. The zero-order valence-electron chi connectivity index (χ0n) is 11.4. The maximum atomic E-state index is 11.9. The van der Waals surface area contributed by atoms with Crippen LogP contribution in [0.15, 0.2) is 0 Å². The van der Waals surface area contributed by atoms with Crippen LogP contribution in [-0.4, -0.2) is 60.8 Å². The molecule has 1 rings (SSSR count). The van der Waals surface area contributed by atoms with Crippen molar-refractivity contribution in [3.8, 4) is 0 Å². The Bertz CT molecular complexity index is 263. The van der Waals surface area contributed by atoms with Crippen LogP contribution in [0.25, 0.3) is 0 Å². The number of carbonyl (C=O) groups is 1. The van der Waals surface area contributed by atoms with Crippen LogP contribution in [0.2, 0.25) is 0 Å². The van der Waals surface area contributed by atoms with Crippen molar-refractivity contribution in [3.05, 3.63) is 0 Å². The molecule has 0 saturated carbocycles. The molecule has 5 nitrogen and oxygen atoms in total. The Morgan fingerprint density at radius 1 is 1.41 bits per heavy atom. The largest absolute Gasteiger partial charge is 0.444 e. The van der Waals surface area contributed by atoms with E-state index < -0.39 is 5.60 Å². The lowest BCUT2D eigenvalue weighted by molar-refractivity contribution is 0.00703. The molecule has 0 aliphatic carbocycles. The van der Waals surface area contributed by atoms with Crippen LogP contribution in [0.3, 0.4) is 0 Å². The van der Waals surface area contributed by atoms with Crippen molar-refractivity contribution >= 4 is 6.09 Å². The van der Waals surface area contributed by atoms with Crippen molar-refractivity contribution in [2.75, 3.05) is 33.2 Å². The Kier molecular flexibility index (Phi) is 4.77. The molecule has 0 radical (unpaired) electrons. The molecule has 100 valence electrons. The first-order chi connectivity index (χ1) is 7.83. The third-order valence-electron chi connectivity index (χ3n) is 2.93. The molecule has 1 unspecified atom stereocenters. The quantitative estimate of drug-likeness (QED) is 0.782. The topological polar surface area (TPSA) is 58.8 Å². The lowest BCUT2D eigenvalue weighted by Crippen LogP contribution is -2.54. The Morgan fingerprint density at radius 2 is 2.06 bits per heavy atom. The van der Waals surface area contributed by atoms with E-state index >= 15 is 0 Å². The van der Waals surface area contributed by atoms with Gasteiger partial charge in [0.1, 0.15) is 5.60 Å². The lowest BCUT2D eigenvalue weighted by Gasteiger charge is -2.39. The molecule has 0 spiro atoms. The SMILES string of the molecule is CN1CCN(C(=O)OC(C)(C)C)CC1CCN. The van der Waals surface area contributed by atoms with Crippen molar-refractivity contribution in [1.29, 1.82) is 0 Å². The fourth-order valence-electron chi connectivity index (χ4n) is 1.94. The number of hydrogen-bond donors (Lipinski definition) is 1. The Labute approximate surface area is 104 Å². The number of ether oxygens (including phenoxy) is 1. The average molecular weight is 243 g/mol. The van der Waals surface area contributed by atoms with Gasteiger partial charge in [-0.2, -0.15) is 0 Å². The van der Waals surface area contributed by atoms with E-state index in [0.29, 0.717) is 19.1 Å².